The number of fused-ring (bicyclic) bond motifs is 1. The summed E-state index contributed by atoms with van der Waals surface area (Å²) in [4.78, 5) is 12.0. The molecule has 0 bridgehead atoms. The average Bonchev–Trinajstić information content (AvgIpc) is 2.65. The monoisotopic (exact) mass is 268 g/mol. The molecular weight excluding hydrogens is 252 g/mol. The molecule has 2 N–H and O–H groups in total. The van der Waals surface area contributed by atoms with E-state index in [2.05, 4.69) is 10.6 Å². The number of methoxy groups -OCH3 is 1. The second-order valence-electron chi connectivity index (χ2n) is 4.77. The Balaban J connectivity index is 1.96. The number of amides is 1. The number of carbonyl (C=O) groups is 1. The molecule has 4 heteroatoms. The molecule has 1 aliphatic rings. The van der Waals surface area contributed by atoms with Gasteiger partial charge in [-0.25, -0.2) is 0 Å². The first-order chi connectivity index (χ1) is 9.76. The quantitative estimate of drug-likeness (QED) is 0.879. The maximum Gasteiger partial charge on any atom is 0.226 e. The van der Waals surface area contributed by atoms with Crippen LogP contribution in [0.2, 0.25) is 0 Å². The molecule has 1 atom stereocenters. The summed E-state index contributed by atoms with van der Waals surface area (Å²) in [6.45, 7) is 0. The van der Waals surface area contributed by atoms with Crippen LogP contribution in [0.4, 0.5) is 11.4 Å². The molecule has 3 rings (SSSR count). The van der Waals surface area contributed by atoms with E-state index in [9.17, 15) is 4.79 Å². The van der Waals surface area contributed by atoms with Gasteiger partial charge in [0.25, 0.3) is 0 Å². The van der Waals surface area contributed by atoms with Crippen molar-refractivity contribution in [2.45, 2.75) is 12.5 Å². The van der Waals surface area contributed by atoms with Gasteiger partial charge in [0.1, 0.15) is 5.75 Å². The molecule has 0 spiro atoms. The van der Waals surface area contributed by atoms with Gasteiger partial charge in [-0.1, -0.05) is 30.3 Å². The van der Waals surface area contributed by atoms with Gasteiger partial charge in [-0.15, -0.1) is 0 Å². The summed E-state index contributed by atoms with van der Waals surface area (Å²) >= 11 is 0. The van der Waals surface area contributed by atoms with Crippen LogP contribution in [0.1, 0.15) is 18.0 Å². The molecule has 0 radical (unpaired) electrons. The van der Waals surface area contributed by atoms with E-state index in [0.717, 1.165) is 22.7 Å². The molecule has 102 valence electrons. The van der Waals surface area contributed by atoms with E-state index in [-0.39, 0.29) is 11.9 Å². The van der Waals surface area contributed by atoms with Crippen molar-refractivity contribution >= 4 is 17.3 Å². The fraction of sp³-hybridized carbons (Fsp3) is 0.188. The molecule has 2 aromatic carbocycles. The lowest BCUT2D eigenvalue weighted by Crippen LogP contribution is -2.15. The van der Waals surface area contributed by atoms with Gasteiger partial charge < -0.3 is 15.4 Å². The molecule has 0 saturated heterocycles. The van der Waals surface area contributed by atoms with Crippen LogP contribution in [0.25, 0.3) is 0 Å². The predicted molar refractivity (Wildman–Crippen MR) is 79.0 cm³/mol. The first kappa shape index (κ1) is 12.5. The van der Waals surface area contributed by atoms with Crippen LogP contribution in [-0.4, -0.2) is 13.0 Å². The van der Waals surface area contributed by atoms with Gasteiger partial charge in [-0.2, -0.15) is 0 Å². The van der Waals surface area contributed by atoms with Crippen molar-refractivity contribution in [3.8, 4) is 5.75 Å². The molecule has 1 unspecified atom stereocenters. The Labute approximate surface area is 117 Å². The van der Waals surface area contributed by atoms with Gasteiger partial charge in [-0.3, -0.25) is 4.79 Å². The standard InChI is InChI=1S/C16H16N2O2/c1-20-12-7-8-13-15(9-12)18-16(19)10-14(17-13)11-5-3-2-4-6-11/h2-9,14,17H,10H2,1H3,(H,18,19). The number of anilines is 2. The molecule has 1 aliphatic heterocycles. The van der Waals surface area contributed by atoms with Crippen molar-refractivity contribution in [3.63, 3.8) is 0 Å². The zero-order valence-corrected chi connectivity index (χ0v) is 11.2. The second kappa shape index (κ2) is 5.25. The number of benzene rings is 2. The number of nitrogens with one attached hydrogen (secondary N) is 2. The van der Waals surface area contributed by atoms with Crippen molar-refractivity contribution in [2.24, 2.45) is 0 Å². The molecule has 0 aliphatic carbocycles. The lowest BCUT2D eigenvalue weighted by molar-refractivity contribution is -0.116. The van der Waals surface area contributed by atoms with Crippen LogP contribution < -0.4 is 15.4 Å². The van der Waals surface area contributed by atoms with E-state index < -0.39 is 0 Å². The van der Waals surface area contributed by atoms with Crippen LogP contribution in [0.5, 0.6) is 5.75 Å². The molecule has 0 aromatic heterocycles. The van der Waals surface area contributed by atoms with Gasteiger partial charge in [0.2, 0.25) is 5.91 Å². The molecule has 1 heterocycles. The number of carbonyl (C=O) groups excluding carboxylic acids is 1. The Hall–Kier alpha value is -2.49. The van der Waals surface area contributed by atoms with E-state index in [1.54, 1.807) is 7.11 Å². The van der Waals surface area contributed by atoms with Crippen molar-refractivity contribution in [1.29, 1.82) is 0 Å². The summed E-state index contributed by atoms with van der Waals surface area (Å²) in [5.74, 6) is 0.724. The van der Waals surface area contributed by atoms with Crippen LogP contribution in [-0.2, 0) is 4.79 Å². The van der Waals surface area contributed by atoms with Crippen molar-refractivity contribution in [3.05, 3.63) is 54.1 Å². The zero-order chi connectivity index (χ0) is 13.9. The lowest BCUT2D eigenvalue weighted by Gasteiger charge is -2.17. The number of hydrogen-bond donors (Lipinski definition) is 2. The van der Waals surface area contributed by atoms with Gasteiger partial charge in [0.15, 0.2) is 0 Å². The minimum Gasteiger partial charge on any atom is -0.497 e. The Morgan fingerprint density at radius 2 is 1.90 bits per heavy atom. The van der Waals surface area contributed by atoms with Gasteiger partial charge in [-0.05, 0) is 17.7 Å². The minimum atomic E-state index is -0.0224. The Morgan fingerprint density at radius 1 is 1.10 bits per heavy atom. The summed E-state index contributed by atoms with van der Waals surface area (Å²) in [7, 11) is 1.61. The van der Waals surface area contributed by atoms with Crippen LogP contribution in [0.15, 0.2) is 48.5 Å². The summed E-state index contributed by atoms with van der Waals surface area (Å²) in [6, 6.07) is 15.6. The predicted octanol–water partition coefficient (Wildman–Crippen LogP) is 3.19. The summed E-state index contributed by atoms with van der Waals surface area (Å²) < 4.78 is 5.19. The highest BCUT2D eigenvalue weighted by Gasteiger charge is 2.22. The topological polar surface area (TPSA) is 50.4 Å². The van der Waals surface area contributed by atoms with Crippen molar-refractivity contribution in [1.82, 2.24) is 0 Å². The third kappa shape index (κ3) is 2.45. The SMILES string of the molecule is COc1ccc2c(c1)NC(=O)CC(c1ccccc1)N2. The van der Waals surface area contributed by atoms with Gasteiger partial charge >= 0.3 is 0 Å². The zero-order valence-electron chi connectivity index (χ0n) is 11.2. The molecule has 2 aromatic rings. The second-order valence-corrected chi connectivity index (χ2v) is 4.77. The third-order valence-corrected chi connectivity index (χ3v) is 3.42. The number of hydrogen-bond acceptors (Lipinski definition) is 3. The maximum absolute atomic E-state index is 12.0. The highest BCUT2D eigenvalue weighted by Crippen LogP contribution is 2.34. The van der Waals surface area contributed by atoms with E-state index in [0.29, 0.717) is 6.42 Å². The van der Waals surface area contributed by atoms with Crippen LogP contribution in [0.3, 0.4) is 0 Å². The molecular formula is C16H16N2O2. The van der Waals surface area contributed by atoms with Crippen molar-refractivity contribution < 1.29 is 9.53 Å². The number of rotatable bonds is 2. The molecule has 0 saturated carbocycles. The summed E-state index contributed by atoms with van der Waals surface area (Å²) in [5, 5.41) is 6.33. The molecule has 4 nitrogen and oxygen atoms in total. The normalized spacial score (nSPS) is 17.4. The van der Waals surface area contributed by atoms with Crippen LogP contribution in [0, 0.1) is 0 Å². The Bertz CT molecular complexity index is 626. The van der Waals surface area contributed by atoms with Gasteiger partial charge in [0, 0.05) is 6.07 Å². The summed E-state index contributed by atoms with van der Waals surface area (Å²) in [6.07, 6.45) is 0.404. The van der Waals surface area contributed by atoms with Crippen LogP contribution >= 0.6 is 0 Å². The van der Waals surface area contributed by atoms with Crippen molar-refractivity contribution in [2.75, 3.05) is 17.7 Å². The Morgan fingerprint density at radius 3 is 2.65 bits per heavy atom. The molecule has 20 heavy (non-hydrogen) atoms. The number of ether oxygens (including phenoxy) is 1. The Kier molecular flexibility index (Phi) is 3.29. The summed E-state index contributed by atoms with van der Waals surface area (Å²) in [5.41, 5.74) is 2.77. The van der Waals surface area contributed by atoms with Gasteiger partial charge in [0.05, 0.1) is 30.9 Å². The highest BCUT2D eigenvalue weighted by molar-refractivity contribution is 5.96. The molecule has 0 fully saturated rings. The lowest BCUT2D eigenvalue weighted by atomic mass is 10.0. The minimum absolute atomic E-state index is 0.00152. The highest BCUT2D eigenvalue weighted by atomic mass is 16.5. The average molecular weight is 268 g/mol. The van der Waals surface area contributed by atoms with E-state index in [1.807, 2.05) is 48.5 Å². The first-order valence-electron chi connectivity index (χ1n) is 6.55. The van der Waals surface area contributed by atoms with E-state index in [4.69, 9.17) is 4.74 Å². The fourth-order valence-electron chi connectivity index (χ4n) is 2.39. The molecule has 1 amide bonds. The maximum atomic E-state index is 12.0. The van der Waals surface area contributed by atoms with E-state index in [1.165, 1.54) is 0 Å². The largest absolute Gasteiger partial charge is 0.497 e. The van der Waals surface area contributed by atoms with E-state index >= 15 is 0 Å². The fourth-order valence-corrected chi connectivity index (χ4v) is 2.39. The first-order valence-corrected chi connectivity index (χ1v) is 6.55. The third-order valence-electron chi connectivity index (χ3n) is 3.42. The smallest absolute Gasteiger partial charge is 0.226 e.